The maximum Gasteiger partial charge on any atom is 0.139 e. The van der Waals surface area contributed by atoms with Gasteiger partial charge in [0.05, 0.1) is 5.39 Å². The maximum atomic E-state index is 14.1. The van der Waals surface area contributed by atoms with Crippen molar-refractivity contribution < 1.29 is 4.39 Å². The summed E-state index contributed by atoms with van der Waals surface area (Å²) in [5.74, 6) is 0.530. The van der Waals surface area contributed by atoms with Gasteiger partial charge in [-0.15, -0.1) is 0 Å². The van der Waals surface area contributed by atoms with Gasteiger partial charge >= 0.3 is 0 Å². The average molecular weight is 310 g/mol. The molecule has 5 heteroatoms. The molecule has 1 aromatic heterocycles. The van der Waals surface area contributed by atoms with Gasteiger partial charge < -0.3 is 10.2 Å². The molecule has 1 aliphatic heterocycles. The molecule has 1 fully saturated rings. The first-order chi connectivity index (χ1) is 8.77. The average Bonchev–Trinajstić information content (AvgIpc) is 2.43. The van der Waals surface area contributed by atoms with Crippen LogP contribution >= 0.6 is 15.9 Å². The van der Waals surface area contributed by atoms with Crippen molar-refractivity contribution in [2.24, 2.45) is 0 Å². The molecule has 0 radical (unpaired) electrons. The van der Waals surface area contributed by atoms with Gasteiger partial charge in [-0.3, -0.25) is 0 Å². The van der Waals surface area contributed by atoms with Crippen LogP contribution in [0.15, 0.2) is 28.9 Å². The van der Waals surface area contributed by atoms with Crippen LogP contribution in [0.25, 0.3) is 10.8 Å². The molecule has 1 aromatic carbocycles. The van der Waals surface area contributed by atoms with Gasteiger partial charge in [-0.05, 0) is 18.2 Å². The highest BCUT2D eigenvalue weighted by molar-refractivity contribution is 9.10. The highest BCUT2D eigenvalue weighted by atomic mass is 79.9. The molecule has 94 valence electrons. The standard InChI is InChI=1S/C13H13BrFN3/c14-10-1-2-11(15)12-9(10)3-4-17-13(12)18-7-5-16-6-8-18/h1-4,16H,5-8H2. The third kappa shape index (κ3) is 1.97. The molecule has 3 rings (SSSR count). The fourth-order valence-electron chi connectivity index (χ4n) is 2.32. The molecule has 0 saturated carbocycles. The molecule has 1 N–H and O–H groups in total. The molecule has 2 aromatic rings. The van der Waals surface area contributed by atoms with E-state index in [0.29, 0.717) is 5.39 Å². The molecular weight excluding hydrogens is 297 g/mol. The largest absolute Gasteiger partial charge is 0.353 e. The lowest BCUT2D eigenvalue weighted by Crippen LogP contribution is -2.44. The van der Waals surface area contributed by atoms with E-state index in [1.165, 1.54) is 6.07 Å². The fourth-order valence-corrected chi connectivity index (χ4v) is 2.78. The van der Waals surface area contributed by atoms with E-state index in [2.05, 4.69) is 31.1 Å². The van der Waals surface area contributed by atoms with Crippen LogP contribution in [0, 0.1) is 5.82 Å². The predicted octanol–water partition coefficient (Wildman–Crippen LogP) is 2.55. The summed E-state index contributed by atoms with van der Waals surface area (Å²) in [6, 6.07) is 5.06. The van der Waals surface area contributed by atoms with E-state index in [1.807, 2.05) is 6.07 Å². The Labute approximate surface area is 113 Å². The second-order valence-corrected chi connectivity index (χ2v) is 5.18. The van der Waals surface area contributed by atoms with Gasteiger partial charge in [-0.1, -0.05) is 15.9 Å². The minimum Gasteiger partial charge on any atom is -0.353 e. The first-order valence-corrected chi connectivity index (χ1v) is 6.75. The Morgan fingerprint density at radius 2 is 2.00 bits per heavy atom. The zero-order valence-corrected chi connectivity index (χ0v) is 11.4. The maximum absolute atomic E-state index is 14.1. The molecule has 1 saturated heterocycles. The smallest absolute Gasteiger partial charge is 0.139 e. The quantitative estimate of drug-likeness (QED) is 0.877. The van der Waals surface area contributed by atoms with Gasteiger partial charge in [0.1, 0.15) is 11.6 Å². The lowest BCUT2D eigenvalue weighted by Gasteiger charge is -2.29. The van der Waals surface area contributed by atoms with Gasteiger partial charge in [-0.25, -0.2) is 9.37 Å². The van der Waals surface area contributed by atoms with Gasteiger partial charge in [0.2, 0.25) is 0 Å². The number of aromatic nitrogens is 1. The number of fused-ring (bicyclic) bond motifs is 1. The third-order valence-electron chi connectivity index (χ3n) is 3.22. The van der Waals surface area contributed by atoms with E-state index in [1.54, 1.807) is 12.3 Å². The number of nitrogens with zero attached hydrogens (tertiary/aromatic N) is 2. The Balaban J connectivity index is 2.19. The summed E-state index contributed by atoms with van der Waals surface area (Å²) in [6.07, 6.45) is 1.74. The Kier molecular flexibility index (Phi) is 3.18. The summed E-state index contributed by atoms with van der Waals surface area (Å²) in [5, 5.41) is 4.77. The summed E-state index contributed by atoms with van der Waals surface area (Å²) >= 11 is 3.46. The van der Waals surface area contributed by atoms with Crippen molar-refractivity contribution in [2.45, 2.75) is 0 Å². The van der Waals surface area contributed by atoms with Crippen LogP contribution in [0.1, 0.15) is 0 Å². The number of benzene rings is 1. The molecule has 0 aliphatic carbocycles. The van der Waals surface area contributed by atoms with Crippen LogP contribution < -0.4 is 10.2 Å². The van der Waals surface area contributed by atoms with E-state index in [-0.39, 0.29) is 5.82 Å². The fraction of sp³-hybridized carbons (Fsp3) is 0.308. The van der Waals surface area contributed by atoms with Gasteiger partial charge in [-0.2, -0.15) is 0 Å². The molecule has 0 atom stereocenters. The number of hydrogen-bond donors (Lipinski definition) is 1. The summed E-state index contributed by atoms with van der Waals surface area (Å²) in [6.45, 7) is 3.54. The number of anilines is 1. The lowest BCUT2D eigenvalue weighted by atomic mass is 10.1. The zero-order chi connectivity index (χ0) is 12.5. The molecule has 3 nitrogen and oxygen atoms in total. The third-order valence-corrected chi connectivity index (χ3v) is 3.91. The Morgan fingerprint density at radius 3 is 2.78 bits per heavy atom. The minimum atomic E-state index is -0.213. The second-order valence-electron chi connectivity index (χ2n) is 4.32. The first kappa shape index (κ1) is 11.9. The molecule has 0 amide bonds. The summed E-state index contributed by atoms with van der Waals surface area (Å²) in [5.41, 5.74) is 0. The van der Waals surface area contributed by atoms with Crippen molar-refractivity contribution in [1.29, 1.82) is 0 Å². The molecule has 18 heavy (non-hydrogen) atoms. The zero-order valence-electron chi connectivity index (χ0n) is 9.79. The lowest BCUT2D eigenvalue weighted by molar-refractivity contribution is 0.584. The molecule has 0 bridgehead atoms. The second kappa shape index (κ2) is 4.82. The van der Waals surface area contributed by atoms with Crippen LogP contribution in [-0.2, 0) is 0 Å². The predicted molar refractivity (Wildman–Crippen MR) is 74.5 cm³/mol. The molecule has 1 aliphatic rings. The van der Waals surface area contributed by atoms with Crippen molar-refractivity contribution in [1.82, 2.24) is 10.3 Å². The topological polar surface area (TPSA) is 28.2 Å². The Morgan fingerprint density at radius 1 is 1.22 bits per heavy atom. The van der Waals surface area contributed by atoms with Crippen molar-refractivity contribution in [2.75, 3.05) is 31.1 Å². The van der Waals surface area contributed by atoms with Crippen molar-refractivity contribution >= 4 is 32.5 Å². The van der Waals surface area contributed by atoms with Crippen LogP contribution in [0.2, 0.25) is 0 Å². The summed E-state index contributed by atoms with van der Waals surface area (Å²) in [4.78, 5) is 6.50. The van der Waals surface area contributed by atoms with Gasteiger partial charge in [0.25, 0.3) is 0 Å². The SMILES string of the molecule is Fc1ccc(Br)c2ccnc(N3CCNCC3)c12. The number of rotatable bonds is 1. The van der Waals surface area contributed by atoms with E-state index < -0.39 is 0 Å². The Hall–Kier alpha value is -1.20. The van der Waals surface area contributed by atoms with E-state index in [0.717, 1.165) is 41.9 Å². The van der Waals surface area contributed by atoms with Gasteiger partial charge in [0.15, 0.2) is 0 Å². The van der Waals surface area contributed by atoms with Crippen molar-refractivity contribution in [3.8, 4) is 0 Å². The minimum absolute atomic E-state index is 0.213. The van der Waals surface area contributed by atoms with Crippen molar-refractivity contribution in [3.05, 3.63) is 34.7 Å². The molecular formula is C13H13BrFN3. The van der Waals surface area contributed by atoms with E-state index in [4.69, 9.17) is 0 Å². The van der Waals surface area contributed by atoms with Crippen LogP contribution in [0.5, 0.6) is 0 Å². The van der Waals surface area contributed by atoms with Crippen molar-refractivity contribution in [3.63, 3.8) is 0 Å². The number of nitrogens with one attached hydrogen (secondary N) is 1. The van der Waals surface area contributed by atoms with Crippen LogP contribution in [0.4, 0.5) is 10.2 Å². The first-order valence-electron chi connectivity index (χ1n) is 5.96. The monoisotopic (exact) mass is 309 g/mol. The molecule has 0 unspecified atom stereocenters. The number of halogens is 2. The number of hydrogen-bond acceptors (Lipinski definition) is 3. The van der Waals surface area contributed by atoms with Crippen LogP contribution in [0.3, 0.4) is 0 Å². The van der Waals surface area contributed by atoms with E-state index >= 15 is 0 Å². The normalized spacial score (nSPS) is 16.2. The van der Waals surface area contributed by atoms with Gasteiger partial charge in [0, 0.05) is 42.2 Å². The summed E-state index contributed by atoms with van der Waals surface area (Å²) < 4.78 is 15.0. The number of pyridine rings is 1. The number of piperazine rings is 1. The highest BCUT2D eigenvalue weighted by Gasteiger charge is 2.17. The van der Waals surface area contributed by atoms with Crippen LogP contribution in [-0.4, -0.2) is 31.2 Å². The molecule has 2 heterocycles. The molecule has 0 spiro atoms. The Bertz CT molecular complexity index is 582. The summed E-state index contributed by atoms with van der Waals surface area (Å²) in [7, 11) is 0. The van der Waals surface area contributed by atoms with E-state index in [9.17, 15) is 4.39 Å². The highest BCUT2D eigenvalue weighted by Crippen LogP contribution is 2.32.